The van der Waals surface area contributed by atoms with Crippen LogP contribution in [0.5, 0.6) is 0 Å². The number of likely N-dealkylation sites (N-methyl/N-ethyl adjacent to an activating group) is 1. The highest BCUT2D eigenvalue weighted by Gasteiger charge is 2.22. The number of benzene rings is 2. The highest BCUT2D eigenvalue weighted by atomic mass is 19.2. The summed E-state index contributed by atoms with van der Waals surface area (Å²) in [5, 5.41) is 7.26. The summed E-state index contributed by atoms with van der Waals surface area (Å²) >= 11 is 0. The van der Waals surface area contributed by atoms with Gasteiger partial charge in [-0.25, -0.2) is 13.5 Å². The Kier molecular flexibility index (Phi) is 6.08. The summed E-state index contributed by atoms with van der Waals surface area (Å²) in [4.78, 5) is 14.4. The van der Waals surface area contributed by atoms with Gasteiger partial charge in [-0.05, 0) is 52.1 Å². The predicted octanol–water partition coefficient (Wildman–Crippen LogP) is 4.23. The Morgan fingerprint density at radius 3 is 2.48 bits per heavy atom. The van der Waals surface area contributed by atoms with Crippen LogP contribution in [0, 0.1) is 25.5 Å². The summed E-state index contributed by atoms with van der Waals surface area (Å²) < 4.78 is 28.3. The van der Waals surface area contributed by atoms with Gasteiger partial charge in [-0.15, -0.1) is 0 Å². The number of aromatic nitrogens is 2. The second-order valence-electron chi connectivity index (χ2n) is 7.11. The zero-order chi connectivity index (χ0) is 21.1. The van der Waals surface area contributed by atoms with E-state index >= 15 is 0 Å². The minimum atomic E-state index is -0.997. The Labute approximate surface area is 169 Å². The molecule has 0 radical (unpaired) electrons. The molecule has 0 aliphatic rings. The molecule has 1 unspecified atom stereocenters. The standard InChI is InChI=1S/C22H24F2N4O/c1-14-19(15(2)28(26-14)18-8-6-5-7-9-18)13-27(4)16(3)22(29)25-17-10-11-20(23)21(24)12-17/h5-12,16H,13H2,1-4H3,(H,25,29). The molecule has 1 N–H and O–H groups in total. The number of amides is 1. The second kappa shape index (κ2) is 8.53. The van der Waals surface area contributed by atoms with Crippen LogP contribution in [0.3, 0.4) is 0 Å². The number of carbonyl (C=O) groups is 1. The minimum Gasteiger partial charge on any atom is -0.325 e. The molecule has 1 atom stereocenters. The van der Waals surface area contributed by atoms with E-state index in [0.717, 1.165) is 34.8 Å². The summed E-state index contributed by atoms with van der Waals surface area (Å²) in [5.41, 5.74) is 4.15. The van der Waals surface area contributed by atoms with Crippen molar-refractivity contribution in [2.75, 3.05) is 12.4 Å². The van der Waals surface area contributed by atoms with Gasteiger partial charge in [0.25, 0.3) is 0 Å². The molecule has 2 aromatic carbocycles. The van der Waals surface area contributed by atoms with E-state index in [1.807, 2.05) is 60.8 Å². The van der Waals surface area contributed by atoms with Gasteiger partial charge in [0.05, 0.1) is 17.4 Å². The molecule has 3 aromatic rings. The van der Waals surface area contributed by atoms with Crippen molar-refractivity contribution < 1.29 is 13.6 Å². The highest BCUT2D eigenvalue weighted by molar-refractivity contribution is 5.94. The fraction of sp³-hybridized carbons (Fsp3) is 0.273. The van der Waals surface area contributed by atoms with Gasteiger partial charge in [0.2, 0.25) is 5.91 Å². The Morgan fingerprint density at radius 2 is 1.83 bits per heavy atom. The topological polar surface area (TPSA) is 50.2 Å². The average molecular weight is 398 g/mol. The van der Waals surface area contributed by atoms with Gasteiger partial charge < -0.3 is 5.32 Å². The van der Waals surface area contributed by atoms with Gasteiger partial charge >= 0.3 is 0 Å². The lowest BCUT2D eigenvalue weighted by molar-refractivity contribution is -0.120. The van der Waals surface area contributed by atoms with E-state index in [9.17, 15) is 13.6 Å². The van der Waals surface area contributed by atoms with Crippen molar-refractivity contribution in [2.45, 2.75) is 33.4 Å². The average Bonchev–Trinajstić information content (AvgIpc) is 2.99. The van der Waals surface area contributed by atoms with Crippen molar-refractivity contribution in [3.8, 4) is 5.69 Å². The number of hydrogen-bond donors (Lipinski definition) is 1. The molecule has 0 aliphatic carbocycles. The largest absolute Gasteiger partial charge is 0.325 e. The summed E-state index contributed by atoms with van der Waals surface area (Å²) in [6.07, 6.45) is 0. The van der Waals surface area contributed by atoms with E-state index in [1.54, 1.807) is 6.92 Å². The number of para-hydroxylation sites is 1. The van der Waals surface area contributed by atoms with Crippen LogP contribution >= 0.6 is 0 Å². The normalized spacial score (nSPS) is 12.2. The molecule has 7 heteroatoms. The van der Waals surface area contributed by atoms with Crippen LogP contribution in [0.1, 0.15) is 23.9 Å². The summed E-state index contributed by atoms with van der Waals surface area (Å²) in [7, 11) is 1.84. The molecular formula is C22H24F2N4O. The highest BCUT2D eigenvalue weighted by Crippen LogP contribution is 2.20. The van der Waals surface area contributed by atoms with Crippen molar-refractivity contribution >= 4 is 11.6 Å². The van der Waals surface area contributed by atoms with E-state index < -0.39 is 17.7 Å². The molecule has 5 nitrogen and oxygen atoms in total. The first kappa shape index (κ1) is 20.7. The first-order chi connectivity index (χ1) is 13.8. The van der Waals surface area contributed by atoms with Crippen LogP contribution in [0.2, 0.25) is 0 Å². The van der Waals surface area contributed by atoms with E-state index in [4.69, 9.17) is 0 Å². The molecule has 1 aromatic heterocycles. The monoisotopic (exact) mass is 398 g/mol. The third-order valence-corrected chi connectivity index (χ3v) is 5.08. The molecular weight excluding hydrogens is 374 g/mol. The lowest BCUT2D eigenvalue weighted by Gasteiger charge is -2.24. The molecule has 0 bridgehead atoms. The summed E-state index contributed by atoms with van der Waals surface area (Å²) in [6, 6.07) is 12.7. The zero-order valence-corrected chi connectivity index (χ0v) is 16.9. The Balaban J connectivity index is 1.72. The van der Waals surface area contributed by atoms with Crippen LogP contribution < -0.4 is 5.32 Å². The summed E-state index contributed by atoms with van der Waals surface area (Å²) in [5.74, 6) is -2.25. The molecule has 152 valence electrons. The van der Waals surface area contributed by atoms with Crippen LogP contribution in [0.15, 0.2) is 48.5 Å². The Bertz CT molecular complexity index is 1020. The van der Waals surface area contributed by atoms with Crippen LogP contribution in [0.4, 0.5) is 14.5 Å². The van der Waals surface area contributed by atoms with Crippen LogP contribution in [0.25, 0.3) is 5.69 Å². The van der Waals surface area contributed by atoms with Crippen molar-refractivity contribution in [2.24, 2.45) is 0 Å². The van der Waals surface area contributed by atoms with Crippen molar-refractivity contribution in [3.63, 3.8) is 0 Å². The maximum Gasteiger partial charge on any atom is 0.241 e. The molecule has 29 heavy (non-hydrogen) atoms. The number of aryl methyl sites for hydroxylation is 1. The number of nitrogens with one attached hydrogen (secondary N) is 1. The summed E-state index contributed by atoms with van der Waals surface area (Å²) in [6.45, 7) is 6.24. The van der Waals surface area contributed by atoms with Gasteiger partial charge in [-0.2, -0.15) is 5.10 Å². The lowest BCUT2D eigenvalue weighted by atomic mass is 10.1. The van der Waals surface area contributed by atoms with E-state index in [-0.39, 0.29) is 11.6 Å². The molecule has 1 heterocycles. The van der Waals surface area contributed by atoms with E-state index in [2.05, 4.69) is 10.4 Å². The van der Waals surface area contributed by atoms with Gasteiger partial charge in [0.15, 0.2) is 11.6 Å². The van der Waals surface area contributed by atoms with Crippen molar-refractivity contribution in [3.05, 3.63) is 77.1 Å². The van der Waals surface area contributed by atoms with Gasteiger partial charge in [0.1, 0.15) is 0 Å². The second-order valence-corrected chi connectivity index (χ2v) is 7.11. The number of anilines is 1. The third kappa shape index (κ3) is 4.51. The van der Waals surface area contributed by atoms with Gasteiger partial charge in [-0.3, -0.25) is 9.69 Å². The van der Waals surface area contributed by atoms with Crippen LogP contribution in [-0.2, 0) is 11.3 Å². The fourth-order valence-corrected chi connectivity index (χ4v) is 3.13. The van der Waals surface area contributed by atoms with Crippen molar-refractivity contribution in [1.29, 1.82) is 0 Å². The van der Waals surface area contributed by atoms with Gasteiger partial charge in [0, 0.05) is 29.6 Å². The molecule has 0 saturated heterocycles. The molecule has 0 saturated carbocycles. The number of nitrogens with zero attached hydrogens (tertiary/aromatic N) is 3. The van der Waals surface area contributed by atoms with E-state index in [1.165, 1.54) is 6.07 Å². The first-order valence-electron chi connectivity index (χ1n) is 9.34. The molecule has 0 fully saturated rings. The zero-order valence-electron chi connectivity index (χ0n) is 16.9. The quantitative estimate of drug-likeness (QED) is 0.676. The number of hydrogen-bond acceptors (Lipinski definition) is 3. The maximum absolute atomic E-state index is 13.4. The smallest absolute Gasteiger partial charge is 0.241 e. The molecule has 0 aliphatic heterocycles. The number of halogens is 2. The number of rotatable bonds is 6. The number of carbonyl (C=O) groups excluding carboxylic acids is 1. The maximum atomic E-state index is 13.4. The van der Waals surface area contributed by atoms with Crippen LogP contribution in [-0.4, -0.2) is 33.7 Å². The Hall–Kier alpha value is -3.06. The third-order valence-electron chi connectivity index (χ3n) is 5.08. The SMILES string of the molecule is Cc1nn(-c2ccccc2)c(C)c1CN(C)C(C)C(=O)Nc1ccc(F)c(F)c1. The predicted molar refractivity (Wildman–Crippen MR) is 109 cm³/mol. The minimum absolute atomic E-state index is 0.221. The lowest BCUT2D eigenvalue weighted by Crippen LogP contribution is -2.39. The molecule has 0 spiro atoms. The van der Waals surface area contributed by atoms with Gasteiger partial charge in [-0.1, -0.05) is 18.2 Å². The van der Waals surface area contributed by atoms with Crippen molar-refractivity contribution in [1.82, 2.24) is 14.7 Å². The fourth-order valence-electron chi connectivity index (χ4n) is 3.13. The molecule has 3 rings (SSSR count). The Morgan fingerprint density at radius 1 is 1.14 bits per heavy atom. The van der Waals surface area contributed by atoms with E-state index in [0.29, 0.717) is 6.54 Å². The first-order valence-corrected chi connectivity index (χ1v) is 9.34. The molecule has 1 amide bonds.